The van der Waals surface area contributed by atoms with Gasteiger partial charge in [-0.15, -0.1) is 10.2 Å². The third-order valence-corrected chi connectivity index (χ3v) is 4.00. The highest BCUT2D eigenvalue weighted by molar-refractivity contribution is 7.99. The summed E-state index contributed by atoms with van der Waals surface area (Å²) in [5, 5.41) is 18.6. The fourth-order valence-corrected chi connectivity index (χ4v) is 3.05. The largest absolute Gasteiger partial charge is 0.481 e. The molecule has 112 valence electrons. The lowest BCUT2D eigenvalue weighted by Gasteiger charge is -2.09. The van der Waals surface area contributed by atoms with Crippen LogP contribution < -0.4 is 0 Å². The second kappa shape index (κ2) is 7.15. The molecule has 2 aromatic rings. The SMILES string of the molecule is CCCn1c(SCC(=O)O)nnc1-c1cc(Cl)cc(Cl)c1. The summed E-state index contributed by atoms with van der Waals surface area (Å²) in [6.07, 6.45) is 0.875. The minimum atomic E-state index is -0.890. The van der Waals surface area contributed by atoms with Crippen molar-refractivity contribution in [3.05, 3.63) is 28.2 Å². The zero-order valence-corrected chi connectivity index (χ0v) is 13.5. The van der Waals surface area contributed by atoms with Crippen LogP contribution in [0.3, 0.4) is 0 Å². The lowest BCUT2D eigenvalue weighted by molar-refractivity contribution is -0.133. The van der Waals surface area contributed by atoms with Gasteiger partial charge in [-0.1, -0.05) is 41.9 Å². The van der Waals surface area contributed by atoms with Crippen LogP contribution in [0.4, 0.5) is 0 Å². The van der Waals surface area contributed by atoms with Crippen molar-refractivity contribution >= 4 is 40.9 Å². The molecule has 8 heteroatoms. The Bertz CT molecular complexity index is 641. The molecule has 0 saturated carbocycles. The molecule has 2 rings (SSSR count). The number of hydrogen-bond acceptors (Lipinski definition) is 4. The molecular formula is C13H13Cl2N3O2S. The van der Waals surface area contributed by atoms with Crippen LogP contribution in [0.5, 0.6) is 0 Å². The molecule has 21 heavy (non-hydrogen) atoms. The molecule has 0 fully saturated rings. The Balaban J connectivity index is 2.40. The second-order valence-electron chi connectivity index (χ2n) is 4.30. The third-order valence-electron chi connectivity index (χ3n) is 2.61. The van der Waals surface area contributed by atoms with Gasteiger partial charge in [0.15, 0.2) is 11.0 Å². The van der Waals surface area contributed by atoms with Crippen LogP contribution in [0.2, 0.25) is 10.0 Å². The van der Waals surface area contributed by atoms with Gasteiger partial charge in [-0.2, -0.15) is 0 Å². The van der Waals surface area contributed by atoms with Crippen LogP contribution in [0, 0.1) is 0 Å². The van der Waals surface area contributed by atoms with Gasteiger partial charge in [0.25, 0.3) is 0 Å². The molecule has 0 radical (unpaired) electrons. The van der Waals surface area contributed by atoms with Crippen molar-refractivity contribution in [1.29, 1.82) is 0 Å². The van der Waals surface area contributed by atoms with Gasteiger partial charge in [0, 0.05) is 22.2 Å². The van der Waals surface area contributed by atoms with E-state index >= 15 is 0 Å². The van der Waals surface area contributed by atoms with Gasteiger partial charge < -0.3 is 9.67 Å². The Morgan fingerprint density at radius 1 is 1.29 bits per heavy atom. The van der Waals surface area contributed by atoms with Gasteiger partial charge in [0.05, 0.1) is 5.75 Å². The number of nitrogens with zero attached hydrogens (tertiary/aromatic N) is 3. The first-order chi connectivity index (χ1) is 10.0. The van der Waals surface area contributed by atoms with Crippen molar-refractivity contribution in [2.24, 2.45) is 0 Å². The van der Waals surface area contributed by atoms with E-state index in [4.69, 9.17) is 28.3 Å². The summed E-state index contributed by atoms with van der Waals surface area (Å²) in [6, 6.07) is 5.16. The molecule has 0 spiro atoms. The van der Waals surface area contributed by atoms with Crippen LogP contribution in [-0.4, -0.2) is 31.6 Å². The minimum Gasteiger partial charge on any atom is -0.481 e. The van der Waals surface area contributed by atoms with E-state index in [-0.39, 0.29) is 5.75 Å². The van der Waals surface area contributed by atoms with Gasteiger partial charge in [0.1, 0.15) is 0 Å². The Kier molecular flexibility index (Phi) is 5.50. The predicted octanol–water partition coefficient (Wildman–Crippen LogP) is 3.84. The molecule has 0 aliphatic rings. The molecule has 5 nitrogen and oxygen atoms in total. The molecule has 0 bridgehead atoms. The van der Waals surface area contributed by atoms with Gasteiger partial charge in [-0.05, 0) is 24.6 Å². The summed E-state index contributed by atoms with van der Waals surface area (Å²) in [5.41, 5.74) is 0.760. The molecule has 0 atom stereocenters. The lowest BCUT2D eigenvalue weighted by atomic mass is 10.2. The Morgan fingerprint density at radius 2 is 1.95 bits per heavy atom. The number of halogens is 2. The molecule has 1 aromatic heterocycles. The topological polar surface area (TPSA) is 68.0 Å². The van der Waals surface area contributed by atoms with Crippen molar-refractivity contribution in [3.8, 4) is 11.4 Å². The smallest absolute Gasteiger partial charge is 0.313 e. The highest BCUT2D eigenvalue weighted by Gasteiger charge is 2.15. The van der Waals surface area contributed by atoms with E-state index in [0.29, 0.717) is 27.6 Å². The number of benzene rings is 1. The standard InChI is InChI=1S/C13H13Cl2N3O2S/c1-2-3-18-12(8-4-9(14)6-10(15)5-8)16-17-13(18)21-7-11(19)20/h4-6H,2-3,7H2,1H3,(H,19,20). The molecule has 1 aromatic carbocycles. The summed E-state index contributed by atoms with van der Waals surface area (Å²) in [6.45, 7) is 2.72. The fourth-order valence-electron chi connectivity index (χ4n) is 1.84. The molecule has 1 heterocycles. The number of carbonyl (C=O) groups is 1. The number of aromatic nitrogens is 3. The maximum absolute atomic E-state index is 10.7. The molecule has 0 amide bonds. The van der Waals surface area contributed by atoms with E-state index in [2.05, 4.69) is 10.2 Å². The third kappa shape index (κ3) is 4.12. The van der Waals surface area contributed by atoms with Gasteiger partial charge >= 0.3 is 5.97 Å². The quantitative estimate of drug-likeness (QED) is 0.805. The highest BCUT2D eigenvalue weighted by atomic mass is 35.5. The zero-order chi connectivity index (χ0) is 15.4. The van der Waals surface area contributed by atoms with Crippen LogP contribution in [0.25, 0.3) is 11.4 Å². The van der Waals surface area contributed by atoms with Crippen molar-refractivity contribution in [2.45, 2.75) is 25.0 Å². The number of aliphatic carboxylic acids is 1. The van der Waals surface area contributed by atoms with Gasteiger partial charge in [-0.25, -0.2) is 0 Å². The molecule has 0 unspecified atom stereocenters. The first-order valence-corrected chi connectivity index (χ1v) is 7.99. The first kappa shape index (κ1) is 16.1. The summed E-state index contributed by atoms with van der Waals surface area (Å²) in [5.74, 6) is -0.314. The number of thioether (sulfide) groups is 1. The van der Waals surface area contributed by atoms with Crippen LogP contribution >= 0.6 is 35.0 Å². The number of hydrogen-bond donors (Lipinski definition) is 1. The van der Waals surface area contributed by atoms with Gasteiger partial charge in [-0.3, -0.25) is 4.79 Å². The lowest BCUT2D eigenvalue weighted by Crippen LogP contribution is -2.04. The van der Waals surface area contributed by atoms with E-state index in [9.17, 15) is 4.79 Å². The number of carboxylic acids is 1. The Labute approximate surface area is 136 Å². The Hall–Kier alpha value is -1.24. The van der Waals surface area contributed by atoms with Crippen molar-refractivity contribution in [3.63, 3.8) is 0 Å². The average molecular weight is 346 g/mol. The van der Waals surface area contributed by atoms with Crippen molar-refractivity contribution in [2.75, 3.05) is 5.75 Å². The fraction of sp³-hybridized carbons (Fsp3) is 0.308. The maximum atomic E-state index is 10.7. The van der Waals surface area contributed by atoms with Crippen LogP contribution in [0.15, 0.2) is 23.4 Å². The zero-order valence-electron chi connectivity index (χ0n) is 11.2. The summed E-state index contributed by atoms with van der Waals surface area (Å²) in [7, 11) is 0. The maximum Gasteiger partial charge on any atom is 0.313 e. The average Bonchev–Trinajstić information content (AvgIpc) is 2.79. The summed E-state index contributed by atoms with van der Waals surface area (Å²) >= 11 is 13.2. The number of rotatable bonds is 6. The highest BCUT2D eigenvalue weighted by Crippen LogP contribution is 2.29. The molecular weight excluding hydrogens is 333 g/mol. The van der Waals surface area contributed by atoms with Crippen LogP contribution in [0.1, 0.15) is 13.3 Å². The molecule has 0 aliphatic carbocycles. The van der Waals surface area contributed by atoms with E-state index < -0.39 is 5.97 Å². The minimum absolute atomic E-state index is 0.0574. The molecule has 0 aliphatic heterocycles. The molecule has 1 N–H and O–H groups in total. The van der Waals surface area contributed by atoms with Crippen molar-refractivity contribution in [1.82, 2.24) is 14.8 Å². The number of carboxylic acid groups (broad SMARTS) is 1. The van der Waals surface area contributed by atoms with Gasteiger partial charge in [0.2, 0.25) is 0 Å². The van der Waals surface area contributed by atoms with E-state index in [0.717, 1.165) is 23.7 Å². The molecule has 0 saturated heterocycles. The monoisotopic (exact) mass is 345 g/mol. The van der Waals surface area contributed by atoms with E-state index in [1.807, 2.05) is 11.5 Å². The first-order valence-electron chi connectivity index (χ1n) is 6.25. The summed E-state index contributed by atoms with van der Waals surface area (Å²) in [4.78, 5) is 10.7. The summed E-state index contributed by atoms with van der Waals surface area (Å²) < 4.78 is 1.88. The van der Waals surface area contributed by atoms with E-state index in [1.54, 1.807) is 18.2 Å². The second-order valence-corrected chi connectivity index (χ2v) is 6.11. The van der Waals surface area contributed by atoms with E-state index in [1.165, 1.54) is 0 Å². The van der Waals surface area contributed by atoms with Crippen LogP contribution in [-0.2, 0) is 11.3 Å². The Morgan fingerprint density at radius 3 is 2.52 bits per heavy atom. The van der Waals surface area contributed by atoms with Crippen molar-refractivity contribution < 1.29 is 9.90 Å². The normalized spacial score (nSPS) is 10.8. The predicted molar refractivity (Wildman–Crippen MR) is 84.1 cm³/mol.